The fourth-order valence-electron chi connectivity index (χ4n) is 1.01. The van der Waals surface area contributed by atoms with Gasteiger partial charge in [0.05, 0.1) is 0 Å². The summed E-state index contributed by atoms with van der Waals surface area (Å²) in [5.74, 6) is 0. The van der Waals surface area contributed by atoms with Crippen molar-refractivity contribution in [1.82, 2.24) is 0 Å². The van der Waals surface area contributed by atoms with Gasteiger partial charge in [0.15, 0.2) is 0 Å². The van der Waals surface area contributed by atoms with Gasteiger partial charge in [0.25, 0.3) is 0 Å². The van der Waals surface area contributed by atoms with Gasteiger partial charge < -0.3 is 0 Å². The van der Waals surface area contributed by atoms with E-state index in [2.05, 4.69) is 43.8 Å². The lowest BCUT2D eigenvalue weighted by atomic mass is 10.2. The van der Waals surface area contributed by atoms with Crippen LogP contribution in [-0.2, 0) is 0 Å². The Hall–Kier alpha value is -0.860. The molecule has 16 heavy (non-hydrogen) atoms. The molecule has 0 radical (unpaired) electrons. The van der Waals surface area contributed by atoms with Crippen LogP contribution in [0.3, 0.4) is 0 Å². The van der Waals surface area contributed by atoms with Gasteiger partial charge in [-0.1, -0.05) is 64.1 Å². The zero-order valence-electron chi connectivity index (χ0n) is 9.64. The number of allylic oxidation sites excluding steroid dienone is 4. The molecule has 0 heterocycles. The van der Waals surface area contributed by atoms with E-state index < -0.39 is 0 Å². The summed E-state index contributed by atoms with van der Waals surface area (Å²) in [6.45, 7) is 7.91. The Bertz CT molecular complexity index is 386. The smallest absolute Gasteiger partial charge is 0.0186 e. The summed E-state index contributed by atoms with van der Waals surface area (Å²) in [5.41, 5.74) is 1.29. The van der Waals surface area contributed by atoms with Gasteiger partial charge in [-0.3, -0.25) is 0 Å². The van der Waals surface area contributed by atoms with Gasteiger partial charge in [-0.15, -0.1) is 0 Å². The minimum absolute atomic E-state index is 1.17. The van der Waals surface area contributed by atoms with Crippen molar-refractivity contribution in [3.05, 3.63) is 65.6 Å². The summed E-state index contributed by atoms with van der Waals surface area (Å²) in [6, 6.07) is 8.55. The molecule has 0 fully saturated rings. The Labute approximate surface area is 106 Å². The van der Waals surface area contributed by atoms with Gasteiger partial charge in [-0.2, -0.15) is 0 Å². The molecule has 0 unspecified atom stereocenters. The van der Waals surface area contributed by atoms with Gasteiger partial charge in [0.2, 0.25) is 0 Å². The lowest BCUT2D eigenvalue weighted by Gasteiger charge is -2.01. The maximum Gasteiger partial charge on any atom is 0.0186 e. The normalized spacial score (nSPS) is 12.0. The first-order chi connectivity index (χ1) is 7.76. The van der Waals surface area contributed by atoms with E-state index in [1.807, 2.05) is 25.2 Å². The third-order valence-electron chi connectivity index (χ3n) is 1.91. The number of rotatable bonds is 5. The van der Waals surface area contributed by atoms with E-state index in [-0.39, 0.29) is 0 Å². The number of aryl methyl sites for hydroxylation is 1. The van der Waals surface area contributed by atoms with Crippen molar-refractivity contribution >= 4 is 21.6 Å². The van der Waals surface area contributed by atoms with Crippen molar-refractivity contribution in [3.63, 3.8) is 0 Å². The largest absolute Gasteiger partial charge is 0.0979 e. The highest BCUT2D eigenvalue weighted by molar-refractivity contribution is 8.78. The second-order valence-corrected chi connectivity index (χ2v) is 5.55. The molecule has 0 atom stereocenters. The number of hydrogen-bond donors (Lipinski definition) is 0. The molecule has 1 rings (SSSR count). The van der Waals surface area contributed by atoms with E-state index in [0.717, 1.165) is 0 Å². The standard InChI is InChI=1S/C14H16S2/c1-4-6-7-13(5-2)15-16-14-10-8-12(3)9-11-14/h4-11H,2H2,1,3H3/b6-4-,13-7+. The maximum absolute atomic E-state index is 3.80. The summed E-state index contributed by atoms with van der Waals surface area (Å²) in [4.78, 5) is 2.44. The highest BCUT2D eigenvalue weighted by Gasteiger charge is 1.96. The van der Waals surface area contributed by atoms with Crippen molar-refractivity contribution < 1.29 is 0 Å². The molecule has 0 aliphatic heterocycles. The lowest BCUT2D eigenvalue weighted by Crippen LogP contribution is -1.71. The van der Waals surface area contributed by atoms with Crippen LogP contribution in [0.4, 0.5) is 0 Å². The van der Waals surface area contributed by atoms with E-state index in [4.69, 9.17) is 0 Å². The van der Waals surface area contributed by atoms with Gasteiger partial charge in [-0.25, -0.2) is 0 Å². The Morgan fingerprint density at radius 2 is 1.94 bits per heavy atom. The molecule has 2 heteroatoms. The molecule has 1 aromatic rings. The minimum atomic E-state index is 1.17. The molecule has 1 aromatic carbocycles. The van der Waals surface area contributed by atoms with E-state index in [0.29, 0.717) is 0 Å². The van der Waals surface area contributed by atoms with Crippen LogP contribution in [0, 0.1) is 6.92 Å². The Morgan fingerprint density at radius 1 is 1.25 bits per heavy atom. The number of benzene rings is 1. The van der Waals surface area contributed by atoms with E-state index in [1.54, 1.807) is 21.6 Å². The van der Waals surface area contributed by atoms with Crippen molar-refractivity contribution in [2.24, 2.45) is 0 Å². The van der Waals surface area contributed by atoms with Crippen molar-refractivity contribution in [3.8, 4) is 0 Å². The molecule has 0 saturated carbocycles. The molecule has 0 bridgehead atoms. The van der Waals surface area contributed by atoms with Crippen molar-refractivity contribution in [2.75, 3.05) is 0 Å². The molecule has 0 spiro atoms. The highest BCUT2D eigenvalue weighted by Crippen LogP contribution is 2.37. The number of hydrogen-bond acceptors (Lipinski definition) is 2. The van der Waals surface area contributed by atoms with Gasteiger partial charge in [0.1, 0.15) is 0 Å². The van der Waals surface area contributed by atoms with Crippen molar-refractivity contribution in [1.29, 1.82) is 0 Å². The monoisotopic (exact) mass is 248 g/mol. The molecule has 0 amide bonds. The SMILES string of the molecule is C=C/C(=C\C=C/C)SSc1ccc(C)cc1. The van der Waals surface area contributed by atoms with Crippen LogP contribution in [0.2, 0.25) is 0 Å². The third kappa shape index (κ3) is 4.77. The Morgan fingerprint density at radius 3 is 2.50 bits per heavy atom. The van der Waals surface area contributed by atoms with Crippen LogP contribution in [0.5, 0.6) is 0 Å². The minimum Gasteiger partial charge on any atom is -0.0979 e. The second-order valence-electron chi connectivity index (χ2n) is 3.28. The van der Waals surface area contributed by atoms with E-state index in [1.165, 1.54) is 15.4 Å². The lowest BCUT2D eigenvalue weighted by molar-refractivity contribution is 1.38. The molecule has 0 aliphatic carbocycles. The molecule has 0 nitrogen and oxygen atoms in total. The first-order valence-corrected chi connectivity index (χ1v) is 7.28. The van der Waals surface area contributed by atoms with Gasteiger partial charge in [-0.05, 0) is 32.1 Å². The van der Waals surface area contributed by atoms with Crippen molar-refractivity contribution in [2.45, 2.75) is 18.7 Å². The van der Waals surface area contributed by atoms with Crippen LogP contribution in [0.25, 0.3) is 0 Å². The zero-order valence-corrected chi connectivity index (χ0v) is 11.3. The molecular weight excluding hydrogens is 232 g/mol. The molecule has 0 aromatic heterocycles. The average Bonchev–Trinajstić information content (AvgIpc) is 2.32. The molecule has 0 aliphatic rings. The topological polar surface area (TPSA) is 0 Å². The molecule has 0 saturated heterocycles. The van der Waals surface area contributed by atoms with Gasteiger partial charge >= 0.3 is 0 Å². The Kier molecular flexibility index (Phi) is 6.12. The first kappa shape index (κ1) is 13.2. The summed E-state index contributed by atoms with van der Waals surface area (Å²) >= 11 is 0. The zero-order chi connectivity index (χ0) is 11.8. The molecular formula is C14H16S2. The summed E-state index contributed by atoms with van der Waals surface area (Å²) in [7, 11) is 3.48. The second kappa shape index (κ2) is 7.42. The summed E-state index contributed by atoms with van der Waals surface area (Å²) < 4.78 is 0. The molecule has 0 N–H and O–H groups in total. The van der Waals surface area contributed by atoms with Crippen LogP contribution in [0.1, 0.15) is 12.5 Å². The Balaban J connectivity index is 2.56. The molecule has 84 valence electrons. The fraction of sp³-hybridized carbons (Fsp3) is 0.143. The maximum atomic E-state index is 3.80. The third-order valence-corrected chi connectivity index (χ3v) is 4.36. The quantitative estimate of drug-likeness (QED) is 0.507. The predicted molar refractivity (Wildman–Crippen MR) is 77.7 cm³/mol. The highest BCUT2D eigenvalue weighted by atomic mass is 33.1. The average molecular weight is 248 g/mol. The van der Waals surface area contributed by atoms with Crippen LogP contribution < -0.4 is 0 Å². The first-order valence-electron chi connectivity index (χ1n) is 5.13. The van der Waals surface area contributed by atoms with E-state index >= 15 is 0 Å². The van der Waals surface area contributed by atoms with Crippen LogP contribution >= 0.6 is 21.6 Å². The van der Waals surface area contributed by atoms with Crippen LogP contribution in [0.15, 0.2) is 64.9 Å². The predicted octanol–water partition coefficient (Wildman–Crippen LogP) is 5.38. The summed E-state index contributed by atoms with van der Waals surface area (Å²) in [6.07, 6.45) is 7.99. The fourth-order valence-corrected chi connectivity index (χ4v) is 2.93. The van der Waals surface area contributed by atoms with E-state index in [9.17, 15) is 0 Å². The van der Waals surface area contributed by atoms with Crippen LogP contribution in [-0.4, -0.2) is 0 Å². The van der Waals surface area contributed by atoms with Gasteiger partial charge in [0, 0.05) is 9.80 Å². The summed E-state index contributed by atoms with van der Waals surface area (Å²) in [5, 5.41) is 0.